The lowest BCUT2D eigenvalue weighted by Crippen LogP contribution is -2.46. The summed E-state index contributed by atoms with van der Waals surface area (Å²) in [5, 5.41) is 3.02. The summed E-state index contributed by atoms with van der Waals surface area (Å²) in [5.74, 6) is 0.0474. The van der Waals surface area contributed by atoms with Crippen LogP contribution in [0.2, 0.25) is 0 Å². The van der Waals surface area contributed by atoms with Gasteiger partial charge in [-0.3, -0.25) is 0 Å². The number of halogens is 1. The Balaban J connectivity index is 1.97. The molecule has 1 aliphatic rings. The van der Waals surface area contributed by atoms with E-state index in [0.717, 1.165) is 5.69 Å². The van der Waals surface area contributed by atoms with Gasteiger partial charge in [-0.1, -0.05) is 0 Å². The van der Waals surface area contributed by atoms with Crippen molar-refractivity contribution in [1.29, 1.82) is 0 Å². The van der Waals surface area contributed by atoms with Crippen molar-refractivity contribution in [3.8, 4) is 0 Å². The van der Waals surface area contributed by atoms with Crippen molar-refractivity contribution < 1.29 is 12.8 Å². The first-order valence-electron chi connectivity index (χ1n) is 4.28. The third-order valence-corrected chi connectivity index (χ3v) is 3.95. The van der Waals surface area contributed by atoms with Gasteiger partial charge in [0.25, 0.3) is 0 Å². The molecular weight excluding hydrogens is 205 g/mol. The second-order valence-electron chi connectivity index (χ2n) is 3.43. The van der Waals surface area contributed by atoms with Crippen LogP contribution in [-0.2, 0) is 9.84 Å². The zero-order valence-electron chi connectivity index (χ0n) is 7.40. The van der Waals surface area contributed by atoms with Gasteiger partial charge >= 0.3 is 0 Å². The fourth-order valence-corrected chi connectivity index (χ4v) is 2.72. The first kappa shape index (κ1) is 9.45. The molecule has 76 valence electrons. The van der Waals surface area contributed by atoms with Gasteiger partial charge in [0.15, 0.2) is 9.84 Å². The SMILES string of the molecule is O=S1(=O)CC(Nc2ccc(F)cc2)C1. The fourth-order valence-electron chi connectivity index (χ4n) is 1.43. The van der Waals surface area contributed by atoms with Gasteiger partial charge in [-0.15, -0.1) is 0 Å². The van der Waals surface area contributed by atoms with E-state index in [2.05, 4.69) is 5.32 Å². The lowest BCUT2D eigenvalue weighted by atomic mass is 10.3. The minimum Gasteiger partial charge on any atom is -0.380 e. The second-order valence-corrected chi connectivity index (χ2v) is 5.58. The van der Waals surface area contributed by atoms with E-state index in [9.17, 15) is 12.8 Å². The van der Waals surface area contributed by atoms with Crippen molar-refractivity contribution in [3.63, 3.8) is 0 Å². The molecule has 2 rings (SSSR count). The first-order valence-corrected chi connectivity index (χ1v) is 6.10. The number of hydrogen-bond acceptors (Lipinski definition) is 3. The molecule has 1 aromatic rings. The molecule has 0 saturated carbocycles. The molecule has 14 heavy (non-hydrogen) atoms. The van der Waals surface area contributed by atoms with Crippen molar-refractivity contribution in [1.82, 2.24) is 0 Å². The van der Waals surface area contributed by atoms with Crippen molar-refractivity contribution in [2.75, 3.05) is 16.8 Å². The Hall–Kier alpha value is -1.10. The van der Waals surface area contributed by atoms with E-state index >= 15 is 0 Å². The molecule has 5 heteroatoms. The molecule has 1 aliphatic heterocycles. The van der Waals surface area contributed by atoms with E-state index in [1.165, 1.54) is 12.1 Å². The Morgan fingerprint density at radius 1 is 1.21 bits per heavy atom. The summed E-state index contributed by atoms with van der Waals surface area (Å²) in [7, 11) is -2.80. The summed E-state index contributed by atoms with van der Waals surface area (Å²) in [5.41, 5.74) is 0.756. The van der Waals surface area contributed by atoms with Crippen LogP contribution in [0.1, 0.15) is 0 Å². The van der Waals surface area contributed by atoms with Crippen molar-refractivity contribution in [2.24, 2.45) is 0 Å². The maximum absolute atomic E-state index is 12.5. The molecule has 1 saturated heterocycles. The van der Waals surface area contributed by atoms with Gasteiger partial charge in [0.1, 0.15) is 5.82 Å². The zero-order chi connectivity index (χ0) is 10.2. The molecule has 1 aromatic carbocycles. The highest BCUT2D eigenvalue weighted by molar-refractivity contribution is 7.92. The first-order chi connectivity index (χ1) is 6.55. The third kappa shape index (κ3) is 2.04. The Labute approximate surface area is 81.9 Å². The smallest absolute Gasteiger partial charge is 0.154 e. The number of anilines is 1. The van der Waals surface area contributed by atoms with Crippen molar-refractivity contribution in [2.45, 2.75) is 6.04 Å². The van der Waals surface area contributed by atoms with Crippen molar-refractivity contribution >= 4 is 15.5 Å². The molecular formula is C9H10FNO2S. The van der Waals surface area contributed by atoms with E-state index in [1.54, 1.807) is 12.1 Å². The molecule has 1 fully saturated rings. The number of nitrogens with one attached hydrogen (secondary N) is 1. The highest BCUT2D eigenvalue weighted by atomic mass is 32.2. The van der Waals surface area contributed by atoms with E-state index < -0.39 is 9.84 Å². The average molecular weight is 215 g/mol. The molecule has 0 spiro atoms. The van der Waals surface area contributed by atoms with Crippen LogP contribution in [0.25, 0.3) is 0 Å². The molecule has 0 radical (unpaired) electrons. The Morgan fingerprint density at radius 2 is 1.79 bits per heavy atom. The van der Waals surface area contributed by atoms with Crippen LogP contribution in [0.4, 0.5) is 10.1 Å². The summed E-state index contributed by atoms with van der Waals surface area (Å²) < 4.78 is 34.2. The second kappa shape index (κ2) is 3.24. The lowest BCUT2D eigenvalue weighted by molar-refractivity contribution is 0.570. The quantitative estimate of drug-likeness (QED) is 0.801. The summed E-state index contributed by atoms with van der Waals surface area (Å²) in [4.78, 5) is 0. The largest absolute Gasteiger partial charge is 0.380 e. The van der Waals surface area contributed by atoms with Gasteiger partial charge in [0.05, 0.1) is 17.5 Å². The van der Waals surface area contributed by atoms with Crippen LogP contribution in [0.15, 0.2) is 24.3 Å². The van der Waals surface area contributed by atoms with Gasteiger partial charge in [-0.2, -0.15) is 0 Å². The molecule has 3 nitrogen and oxygen atoms in total. The van der Waals surface area contributed by atoms with E-state index in [1.807, 2.05) is 0 Å². The number of rotatable bonds is 2. The fraction of sp³-hybridized carbons (Fsp3) is 0.333. The highest BCUT2D eigenvalue weighted by Crippen LogP contribution is 2.17. The van der Waals surface area contributed by atoms with Crippen LogP contribution in [0.3, 0.4) is 0 Å². The summed E-state index contributed by atoms with van der Waals surface area (Å²) in [6.45, 7) is 0. The van der Waals surface area contributed by atoms with Gasteiger partial charge < -0.3 is 5.32 Å². The number of hydrogen-bond donors (Lipinski definition) is 1. The normalized spacial score (nSPS) is 20.1. The van der Waals surface area contributed by atoms with Crippen molar-refractivity contribution in [3.05, 3.63) is 30.1 Å². The van der Waals surface area contributed by atoms with Gasteiger partial charge in [0, 0.05) is 5.69 Å². The van der Waals surface area contributed by atoms with Gasteiger partial charge in [-0.25, -0.2) is 12.8 Å². The van der Waals surface area contributed by atoms with E-state index in [0.29, 0.717) is 0 Å². The minimum atomic E-state index is -2.80. The third-order valence-electron chi connectivity index (χ3n) is 2.13. The monoisotopic (exact) mass is 215 g/mol. The minimum absolute atomic E-state index is 0.0227. The molecule has 0 bridgehead atoms. The molecule has 1 heterocycles. The van der Waals surface area contributed by atoms with Crippen LogP contribution < -0.4 is 5.32 Å². The average Bonchev–Trinajstić information content (AvgIpc) is 2.06. The van der Waals surface area contributed by atoms with Gasteiger partial charge in [-0.05, 0) is 24.3 Å². The Bertz CT molecular complexity index is 415. The molecule has 0 aliphatic carbocycles. The zero-order valence-corrected chi connectivity index (χ0v) is 8.22. The molecule has 0 unspecified atom stereocenters. The summed E-state index contributed by atoms with van der Waals surface area (Å²) in [6, 6.07) is 5.86. The number of benzene rings is 1. The molecule has 0 amide bonds. The van der Waals surface area contributed by atoms with Crippen LogP contribution in [-0.4, -0.2) is 26.0 Å². The Kier molecular flexibility index (Phi) is 2.19. The topological polar surface area (TPSA) is 46.2 Å². The summed E-state index contributed by atoms with van der Waals surface area (Å²) >= 11 is 0. The summed E-state index contributed by atoms with van der Waals surface area (Å²) in [6.07, 6.45) is 0. The van der Waals surface area contributed by atoms with E-state index in [-0.39, 0.29) is 23.4 Å². The van der Waals surface area contributed by atoms with Crippen LogP contribution in [0, 0.1) is 5.82 Å². The number of sulfone groups is 1. The Morgan fingerprint density at radius 3 is 2.29 bits per heavy atom. The predicted molar refractivity (Wildman–Crippen MR) is 52.5 cm³/mol. The molecule has 1 N–H and O–H groups in total. The molecule has 0 aromatic heterocycles. The molecule has 0 atom stereocenters. The highest BCUT2D eigenvalue weighted by Gasteiger charge is 2.32. The van der Waals surface area contributed by atoms with Crippen LogP contribution in [0.5, 0.6) is 0 Å². The predicted octanol–water partition coefficient (Wildman–Crippen LogP) is 1.03. The maximum Gasteiger partial charge on any atom is 0.154 e. The van der Waals surface area contributed by atoms with Crippen LogP contribution >= 0.6 is 0 Å². The van der Waals surface area contributed by atoms with E-state index in [4.69, 9.17) is 0 Å². The standard InChI is InChI=1S/C9H10FNO2S/c10-7-1-3-8(4-2-7)11-9-5-14(12,13)6-9/h1-4,9,11H,5-6H2. The maximum atomic E-state index is 12.5. The lowest BCUT2D eigenvalue weighted by Gasteiger charge is -2.27. The van der Waals surface area contributed by atoms with Gasteiger partial charge in [0.2, 0.25) is 0 Å².